The topological polar surface area (TPSA) is 70.0 Å². The molecule has 19 heavy (non-hydrogen) atoms. The summed E-state index contributed by atoms with van der Waals surface area (Å²) in [5.74, 6) is 0.0845. The molecule has 0 bridgehead atoms. The summed E-state index contributed by atoms with van der Waals surface area (Å²) in [6.07, 6.45) is 1.56. The monoisotopic (exact) mass is 300 g/mol. The van der Waals surface area contributed by atoms with E-state index in [-0.39, 0.29) is 11.8 Å². The summed E-state index contributed by atoms with van der Waals surface area (Å²) in [5, 5.41) is 8.41. The van der Waals surface area contributed by atoms with Gasteiger partial charge in [-0.15, -0.1) is 11.3 Å². The standard InChI is InChI=1S/C13H20N2O2S2/c1-10-9-13(12(3)18-10)11(2)15-19(16,17)8-6-4-5-7-14/h9,11,15H,4-6,8H2,1-3H3/t11-/m1/s1. The lowest BCUT2D eigenvalue weighted by Crippen LogP contribution is -2.29. The van der Waals surface area contributed by atoms with Gasteiger partial charge in [0.1, 0.15) is 0 Å². The van der Waals surface area contributed by atoms with Crippen molar-refractivity contribution in [2.45, 2.75) is 46.1 Å². The van der Waals surface area contributed by atoms with Gasteiger partial charge in [-0.05, 0) is 45.2 Å². The molecule has 0 radical (unpaired) electrons. The largest absolute Gasteiger partial charge is 0.212 e. The zero-order chi connectivity index (χ0) is 14.5. The highest BCUT2D eigenvalue weighted by molar-refractivity contribution is 7.89. The van der Waals surface area contributed by atoms with Crippen LogP contribution in [0.3, 0.4) is 0 Å². The number of nitrogens with zero attached hydrogens (tertiary/aromatic N) is 1. The molecular formula is C13H20N2O2S2. The Morgan fingerprint density at radius 3 is 2.63 bits per heavy atom. The molecular weight excluding hydrogens is 280 g/mol. The second kappa shape index (κ2) is 7.04. The molecule has 0 aliphatic carbocycles. The molecule has 106 valence electrons. The Morgan fingerprint density at radius 1 is 1.42 bits per heavy atom. The lowest BCUT2D eigenvalue weighted by molar-refractivity contribution is 0.563. The number of nitriles is 1. The Labute approximate surface area is 119 Å². The van der Waals surface area contributed by atoms with Crippen molar-refractivity contribution in [2.24, 2.45) is 0 Å². The van der Waals surface area contributed by atoms with E-state index in [1.54, 1.807) is 11.3 Å². The zero-order valence-electron chi connectivity index (χ0n) is 11.6. The maximum absolute atomic E-state index is 11.9. The van der Waals surface area contributed by atoms with Gasteiger partial charge in [-0.2, -0.15) is 5.26 Å². The molecule has 1 N–H and O–H groups in total. The lowest BCUT2D eigenvalue weighted by atomic mass is 10.1. The minimum atomic E-state index is -3.27. The molecule has 0 aliphatic heterocycles. The van der Waals surface area contributed by atoms with E-state index in [1.807, 2.05) is 32.9 Å². The molecule has 0 aromatic carbocycles. The minimum Gasteiger partial charge on any atom is -0.212 e. The molecule has 0 spiro atoms. The molecule has 0 amide bonds. The van der Waals surface area contributed by atoms with Crippen LogP contribution in [0.25, 0.3) is 0 Å². The number of thiophene rings is 1. The Hall–Kier alpha value is -0.900. The number of nitrogens with one attached hydrogen (secondary N) is 1. The van der Waals surface area contributed by atoms with E-state index in [2.05, 4.69) is 4.72 Å². The summed E-state index contributed by atoms with van der Waals surface area (Å²) in [7, 11) is -3.27. The van der Waals surface area contributed by atoms with E-state index in [0.717, 1.165) is 10.4 Å². The van der Waals surface area contributed by atoms with Gasteiger partial charge in [0.2, 0.25) is 10.0 Å². The molecule has 0 unspecified atom stereocenters. The summed E-state index contributed by atoms with van der Waals surface area (Å²) >= 11 is 1.68. The Balaban J connectivity index is 2.58. The third kappa shape index (κ3) is 5.31. The summed E-state index contributed by atoms with van der Waals surface area (Å²) < 4.78 is 26.5. The first-order valence-electron chi connectivity index (χ1n) is 6.29. The zero-order valence-corrected chi connectivity index (χ0v) is 13.2. The van der Waals surface area contributed by atoms with Crippen molar-refractivity contribution >= 4 is 21.4 Å². The normalized spacial score (nSPS) is 13.2. The van der Waals surface area contributed by atoms with Gasteiger partial charge in [0.05, 0.1) is 11.8 Å². The van der Waals surface area contributed by atoms with E-state index in [9.17, 15) is 8.42 Å². The Kier molecular flexibility index (Phi) is 5.98. The number of sulfonamides is 1. The molecule has 0 saturated carbocycles. The summed E-state index contributed by atoms with van der Waals surface area (Å²) in [6, 6.07) is 3.84. The maximum atomic E-state index is 11.9. The third-order valence-corrected chi connectivity index (χ3v) is 5.37. The van der Waals surface area contributed by atoms with Crippen LogP contribution in [0, 0.1) is 25.2 Å². The molecule has 1 aromatic heterocycles. The second-order valence-corrected chi connectivity index (χ2v) is 7.98. The second-order valence-electron chi connectivity index (χ2n) is 4.64. The molecule has 4 nitrogen and oxygen atoms in total. The smallest absolute Gasteiger partial charge is 0.212 e. The quantitative estimate of drug-likeness (QED) is 0.787. The van der Waals surface area contributed by atoms with Gasteiger partial charge in [0.15, 0.2) is 0 Å². The van der Waals surface area contributed by atoms with Gasteiger partial charge in [-0.3, -0.25) is 0 Å². The Bertz CT molecular complexity index is 556. The van der Waals surface area contributed by atoms with Crippen LogP contribution in [-0.2, 0) is 10.0 Å². The fourth-order valence-corrected chi connectivity index (χ4v) is 4.36. The van der Waals surface area contributed by atoms with Gasteiger partial charge < -0.3 is 0 Å². The van der Waals surface area contributed by atoms with Gasteiger partial charge in [0, 0.05) is 22.2 Å². The summed E-state index contributed by atoms with van der Waals surface area (Å²) in [5.41, 5.74) is 1.04. The predicted molar refractivity (Wildman–Crippen MR) is 78.6 cm³/mol. The van der Waals surface area contributed by atoms with Crippen LogP contribution in [0.15, 0.2) is 6.07 Å². The molecule has 6 heteroatoms. The van der Waals surface area contributed by atoms with E-state index < -0.39 is 10.0 Å². The summed E-state index contributed by atoms with van der Waals surface area (Å²) in [6.45, 7) is 5.89. The van der Waals surface area contributed by atoms with Gasteiger partial charge >= 0.3 is 0 Å². The number of unbranched alkanes of at least 4 members (excludes halogenated alkanes) is 2. The molecule has 0 fully saturated rings. The molecule has 1 rings (SSSR count). The van der Waals surface area contributed by atoms with Crippen molar-refractivity contribution < 1.29 is 8.42 Å². The number of aryl methyl sites for hydroxylation is 2. The van der Waals surface area contributed by atoms with E-state index in [0.29, 0.717) is 19.3 Å². The van der Waals surface area contributed by atoms with Crippen molar-refractivity contribution in [1.29, 1.82) is 5.26 Å². The average Bonchev–Trinajstić information content (AvgIpc) is 2.63. The van der Waals surface area contributed by atoms with E-state index >= 15 is 0 Å². The first-order valence-corrected chi connectivity index (χ1v) is 8.76. The highest BCUT2D eigenvalue weighted by Crippen LogP contribution is 2.26. The Morgan fingerprint density at radius 2 is 2.11 bits per heavy atom. The van der Waals surface area contributed by atoms with Crippen LogP contribution in [0.5, 0.6) is 0 Å². The molecule has 1 aromatic rings. The van der Waals surface area contributed by atoms with Gasteiger partial charge in [0.25, 0.3) is 0 Å². The van der Waals surface area contributed by atoms with Crippen LogP contribution in [-0.4, -0.2) is 14.2 Å². The number of hydrogen-bond donors (Lipinski definition) is 1. The fourth-order valence-electron chi connectivity index (χ4n) is 1.97. The molecule has 0 aliphatic rings. The number of hydrogen-bond acceptors (Lipinski definition) is 4. The van der Waals surface area contributed by atoms with Gasteiger partial charge in [-0.25, -0.2) is 13.1 Å². The average molecular weight is 300 g/mol. The molecule has 1 heterocycles. The SMILES string of the molecule is Cc1cc([C@@H](C)NS(=O)(=O)CCCCC#N)c(C)s1. The van der Waals surface area contributed by atoms with Crippen molar-refractivity contribution in [2.75, 3.05) is 5.75 Å². The number of rotatable bonds is 7. The summed E-state index contributed by atoms with van der Waals surface area (Å²) in [4.78, 5) is 2.34. The molecule has 1 atom stereocenters. The lowest BCUT2D eigenvalue weighted by Gasteiger charge is -2.14. The minimum absolute atomic E-state index is 0.0845. The van der Waals surface area contributed by atoms with Crippen LogP contribution in [0.4, 0.5) is 0 Å². The predicted octanol–water partition coefficient (Wildman–Crippen LogP) is 3.04. The van der Waals surface area contributed by atoms with E-state index in [1.165, 1.54) is 4.88 Å². The highest BCUT2D eigenvalue weighted by atomic mass is 32.2. The van der Waals surface area contributed by atoms with Crippen LogP contribution in [0.2, 0.25) is 0 Å². The first-order chi connectivity index (χ1) is 8.85. The van der Waals surface area contributed by atoms with Crippen LogP contribution < -0.4 is 4.72 Å². The van der Waals surface area contributed by atoms with Gasteiger partial charge in [-0.1, -0.05) is 0 Å². The van der Waals surface area contributed by atoms with Crippen molar-refractivity contribution in [3.8, 4) is 6.07 Å². The van der Waals surface area contributed by atoms with Crippen LogP contribution in [0.1, 0.15) is 47.5 Å². The van der Waals surface area contributed by atoms with Crippen molar-refractivity contribution in [1.82, 2.24) is 4.72 Å². The van der Waals surface area contributed by atoms with Crippen LogP contribution >= 0.6 is 11.3 Å². The van der Waals surface area contributed by atoms with Crippen molar-refractivity contribution in [3.63, 3.8) is 0 Å². The van der Waals surface area contributed by atoms with Crippen molar-refractivity contribution in [3.05, 3.63) is 21.4 Å². The van der Waals surface area contributed by atoms with E-state index in [4.69, 9.17) is 5.26 Å². The maximum Gasteiger partial charge on any atom is 0.212 e. The third-order valence-electron chi connectivity index (χ3n) is 2.85. The molecule has 0 saturated heterocycles. The fraction of sp³-hybridized carbons (Fsp3) is 0.615. The highest BCUT2D eigenvalue weighted by Gasteiger charge is 2.18. The first kappa shape index (κ1) is 16.2.